The van der Waals surface area contributed by atoms with Crippen molar-refractivity contribution in [1.82, 2.24) is 9.88 Å². The van der Waals surface area contributed by atoms with Gasteiger partial charge in [0, 0.05) is 23.6 Å². The van der Waals surface area contributed by atoms with Gasteiger partial charge in [-0.25, -0.2) is 0 Å². The van der Waals surface area contributed by atoms with Gasteiger partial charge in [0.05, 0.1) is 7.11 Å². The predicted octanol–water partition coefficient (Wildman–Crippen LogP) is 4.60. The van der Waals surface area contributed by atoms with Crippen LogP contribution in [0.5, 0.6) is 5.75 Å². The van der Waals surface area contributed by atoms with Crippen LogP contribution in [0.25, 0.3) is 10.9 Å². The summed E-state index contributed by atoms with van der Waals surface area (Å²) >= 11 is 0. The summed E-state index contributed by atoms with van der Waals surface area (Å²) in [6, 6.07) is 17.1. The molecule has 1 aliphatic rings. The van der Waals surface area contributed by atoms with Crippen molar-refractivity contribution < 1.29 is 4.74 Å². The number of ether oxygens (including phenoxy) is 1. The van der Waals surface area contributed by atoms with E-state index in [0.717, 1.165) is 18.7 Å². The van der Waals surface area contributed by atoms with E-state index in [1.165, 1.54) is 48.0 Å². The summed E-state index contributed by atoms with van der Waals surface area (Å²) in [5.74, 6) is 1.62. The van der Waals surface area contributed by atoms with Crippen LogP contribution in [0.15, 0.2) is 54.7 Å². The molecule has 0 atom stereocenters. The maximum atomic E-state index is 5.23. The average Bonchev–Trinajstić information content (AvgIpc) is 3.11. The van der Waals surface area contributed by atoms with Crippen LogP contribution in [0, 0.1) is 0 Å². The van der Waals surface area contributed by atoms with E-state index >= 15 is 0 Å². The van der Waals surface area contributed by atoms with Crippen molar-refractivity contribution in [3.05, 3.63) is 65.9 Å². The van der Waals surface area contributed by atoms with Gasteiger partial charge in [-0.3, -0.25) is 0 Å². The van der Waals surface area contributed by atoms with Gasteiger partial charge in [-0.1, -0.05) is 30.3 Å². The fourth-order valence-electron chi connectivity index (χ4n) is 3.98. The molecule has 0 radical (unpaired) electrons. The van der Waals surface area contributed by atoms with Crippen molar-refractivity contribution in [3.63, 3.8) is 0 Å². The molecule has 3 heteroatoms. The van der Waals surface area contributed by atoms with Crippen LogP contribution in [0.4, 0.5) is 0 Å². The fourth-order valence-corrected chi connectivity index (χ4v) is 3.98. The molecular weight excluding hydrogens is 308 g/mol. The Morgan fingerprint density at radius 2 is 1.80 bits per heavy atom. The molecule has 1 saturated heterocycles. The zero-order chi connectivity index (χ0) is 17.1. The van der Waals surface area contributed by atoms with Gasteiger partial charge in [0.1, 0.15) is 5.75 Å². The van der Waals surface area contributed by atoms with Gasteiger partial charge in [-0.05, 0) is 67.6 Å². The van der Waals surface area contributed by atoms with Gasteiger partial charge >= 0.3 is 0 Å². The Kier molecular flexibility index (Phi) is 4.75. The molecule has 130 valence electrons. The molecule has 2 heterocycles. The van der Waals surface area contributed by atoms with Crippen LogP contribution in [-0.4, -0.2) is 36.6 Å². The molecule has 0 aliphatic carbocycles. The van der Waals surface area contributed by atoms with Gasteiger partial charge in [0.2, 0.25) is 0 Å². The number of hydrogen-bond donors (Lipinski definition) is 1. The van der Waals surface area contributed by atoms with Gasteiger partial charge in [0.15, 0.2) is 0 Å². The number of fused-ring (bicyclic) bond motifs is 1. The monoisotopic (exact) mass is 334 g/mol. The van der Waals surface area contributed by atoms with Crippen molar-refractivity contribution in [3.8, 4) is 5.75 Å². The molecule has 25 heavy (non-hydrogen) atoms. The van der Waals surface area contributed by atoms with E-state index < -0.39 is 0 Å². The third kappa shape index (κ3) is 3.57. The number of methoxy groups -OCH3 is 1. The first-order valence-electron chi connectivity index (χ1n) is 9.25. The maximum Gasteiger partial charge on any atom is 0.118 e. The number of hydrogen-bond acceptors (Lipinski definition) is 2. The third-order valence-electron chi connectivity index (χ3n) is 5.52. The number of para-hydroxylation sites is 1. The molecule has 0 spiro atoms. The van der Waals surface area contributed by atoms with E-state index in [-0.39, 0.29) is 0 Å². The number of rotatable bonds is 5. The summed E-state index contributed by atoms with van der Waals surface area (Å²) in [5.41, 5.74) is 4.16. The zero-order valence-corrected chi connectivity index (χ0v) is 14.9. The Morgan fingerprint density at radius 3 is 2.56 bits per heavy atom. The molecular formula is C22H26N2O. The van der Waals surface area contributed by atoms with Crippen molar-refractivity contribution >= 4 is 10.9 Å². The van der Waals surface area contributed by atoms with Crippen molar-refractivity contribution in [2.75, 3.05) is 26.7 Å². The van der Waals surface area contributed by atoms with Gasteiger partial charge in [-0.15, -0.1) is 0 Å². The average molecular weight is 334 g/mol. The first kappa shape index (κ1) is 16.2. The molecule has 3 nitrogen and oxygen atoms in total. The summed E-state index contributed by atoms with van der Waals surface area (Å²) in [6.45, 7) is 3.54. The Bertz CT molecular complexity index is 813. The highest BCUT2D eigenvalue weighted by Crippen LogP contribution is 2.33. The number of aromatic nitrogens is 1. The lowest BCUT2D eigenvalue weighted by Crippen LogP contribution is -2.34. The SMILES string of the molecule is COc1ccc(CCN2CCC(c3c[nH]c4ccccc34)CC2)cc1. The molecule has 1 aromatic heterocycles. The highest BCUT2D eigenvalue weighted by Gasteiger charge is 2.22. The number of benzene rings is 2. The molecule has 1 aliphatic heterocycles. The third-order valence-corrected chi connectivity index (χ3v) is 5.52. The Morgan fingerprint density at radius 1 is 1.04 bits per heavy atom. The van der Waals surface area contributed by atoms with E-state index in [1.807, 2.05) is 0 Å². The van der Waals surface area contributed by atoms with Crippen LogP contribution < -0.4 is 4.74 Å². The van der Waals surface area contributed by atoms with Crippen molar-refractivity contribution in [2.24, 2.45) is 0 Å². The number of nitrogens with one attached hydrogen (secondary N) is 1. The highest BCUT2D eigenvalue weighted by molar-refractivity contribution is 5.83. The van der Waals surface area contributed by atoms with E-state index in [9.17, 15) is 0 Å². The molecule has 2 aromatic carbocycles. The van der Waals surface area contributed by atoms with Gasteiger partial charge in [0.25, 0.3) is 0 Å². The Hall–Kier alpha value is -2.26. The summed E-state index contributed by atoms with van der Waals surface area (Å²) in [7, 11) is 1.72. The van der Waals surface area contributed by atoms with Gasteiger partial charge in [-0.2, -0.15) is 0 Å². The quantitative estimate of drug-likeness (QED) is 0.739. The topological polar surface area (TPSA) is 28.3 Å². The minimum absolute atomic E-state index is 0.688. The number of piperidine rings is 1. The van der Waals surface area contributed by atoms with E-state index in [4.69, 9.17) is 4.74 Å². The van der Waals surface area contributed by atoms with E-state index in [1.54, 1.807) is 7.11 Å². The van der Waals surface area contributed by atoms with Gasteiger partial charge < -0.3 is 14.6 Å². The summed E-state index contributed by atoms with van der Waals surface area (Å²) in [5, 5.41) is 1.40. The van der Waals surface area contributed by atoms with Crippen LogP contribution in [-0.2, 0) is 6.42 Å². The molecule has 0 amide bonds. The van der Waals surface area contributed by atoms with Crippen LogP contribution in [0.2, 0.25) is 0 Å². The molecule has 0 saturated carbocycles. The van der Waals surface area contributed by atoms with Crippen LogP contribution in [0.1, 0.15) is 29.9 Å². The predicted molar refractivity (Wildman–Crippen MR) is 103 cm³/mol. The lowest BCUT2D eigenvalue weighted by Gasteiger charge is -2.32. The maximum absolute atomic E-state index is 5.23. The number of H-pyrrole nitrogens is 1. The van der Waals surface area contributed by atoms with Crippen LogP contribution >= 0.6 is 0 Å². The highest BCUT2D eigenvalue weighted by atomic mass is 16.5. The molecule has 4 rings (SSSR count). The van der Waals surface area contributed by atoms with Crippen molar-refractivity contribution in [1.29, 1.82) is 0 Å². The summed E-state index contributed by atoms with van der Waals surface area (Å²) in [6.07, 6.45) is 5.85. The van der Waals surface area contributed by atoms with E-state index in [0.29, 0.717) is 5.92 Å². The Balaban J connectivity index is 1.32. The van der Waals surface area contributed by atoms with Crippen molar-refractivity contribution in [2.45, 2.75) is 25.2 Å². The number of nitrogens with zero attached hydrogens (tertiary/aromatic N) is 1. The first-order chi connectivity index (χ1) is 12.3. The van der Waals surface area contributed by atoms with E-state index in [2.05, 4.69) is 64.6 Å². The zero-order valence-electron chi connectivity index (χ0n) is 14.9. The molecule has 0 unspecified atom stereocenters. The summed E-state index contributed by atoms with van der Waals surface area (Å²) < 4.78 is 5.23. The molecule has 1 N–H and O–H groups in total. The van der Waals surface area contributed by atoms with Crippen LogP contribution in [0.3, 0.4) is 0 Å². The first-order valence-corrected chi connectivity index (χ1v) is 9.25. The number of aromatic amines is 1. The molecule has 3 aromatic rings. The second-order valence-electron chi connectivity index (χ2n) is 7.00. The standard InChI is InChI=1S/C22H26N2O/c1-25-19-8-6-17(7-9-19)10-13-24-14-11-18(12-15-24)21-16-23-22-5-3-2-4-20(21)22/h2-9,16,18,23H,10-15H2,1H3. The minimum atomic E-state index is 0.688. The molecule has 1 fully saturated rings. The smallest absolute Gasteiger partial charge is 0.118 e. The second-order valence-corrected chi connectivity index (χ2v) is 7.00. The second kappa shape index (κ2) is 7.32. The number of likely N-dealkylation sites (tertiary alicyclic amines) is 1. The lowest BCUT2D eigenvalue weighted by molar-refractivity contribution is 0.215. The largest absolute Gasteiger partial charge is 0.497 e. The fraction of sp³-hybridized carbons (Fsp3) is 0.364. The Labute approximate surface area is 149 Å². The summed E-state index contributed by atoms with van der Waals surface area (Å²) in [4.78, 5) is 6.04. The minimum Gasteiger partial charge on any atom is -0.497 e. The molecule has 0 bridgehead atoms. The normalized spacial score (nSPS) is 16.4. The lowest BCUT2D eigenvalue weighted by atomic mass is 9.89.